The normalized spacial score (nSPS) is 12.7. The average molecular weight is 401 g/mol. The molecule has 0 saturated heterocycles. The van der Waals surface area contributed by atoms with Gasteiger partial charge in [-0.25, -0.2) is 8.42 Å². The Morgan fingerprint density at radius 1 is 1.07 bits per heavy atom. The summed E-state index contributed by atoms with van der Waals surface area (Å²) in [6.07, 6.45) is -0.729. The summed E-state index contributed by atoms with van der Waals surface area (Å²) < 4.78 is 34.6. The van der Waals surface area contributed by atoms with Crippen LogP contribution >= 0.6 is 0 Å². The molecule has 142 valence electrons. The third-order valence-corrected chi connectivity index (χ3v) is 4.91. The van der Waals surface area contributed by atoms with Gasteiger partial charge in [-0.1, -0.05) is 24.3 Å². The molecule has 0 radical (unpaired) electrons. The Labute approximate surface area is 157 Å². The van der Waals surface area contributed by atoms with Gasteiger partial charge in [0.05, 0.1) is 22.9 Å². The van der Waals surface area contributed by atoms with Gasteiger partial charge in [-0.3, -0.25) is 14.4 Å². The van der Waals surface area contributed by atoms with Gasteiger partial charge in [0, 0.05) is 11.1 Å². The fourth-order valence-electron chi connectivity index (χ4n) is 2.91. The van der Waals surface area contributed by atoms with E-state index >= 15 is 0 Å². The highest BCUT2D eigenvalue weighted by Crippen LogP contribution is 2.47. The molecule has 3 rings (SSSR count). The first-order valence-electron chi connectivity index (χ1n) is 7.52. The maximum Gasteiger partial charge on any atom is 0.238 e. The van der Waals surface area contributed by atoms with Gasteiger partial charge in [-0.05, 0) is 0 Å². The van der Waals surface area contributed by atoms with Gasteiger partial charge in [0.15, 0.2) is 17.3 Å². The molecule has 1 amide bonds. The lowest BCUT2D eigenvalue weighted by molar-refractivity contribution is -0.115. The van der Waals surface area contributed by atoms with Gasteiger partial charge in [-0.2, -0.15) is 5.26 Å². The molecule has 0 atom stereocenters. The van der Waals surface area contributed by atoms with E-state index in [4.69, 9.17) is 5.26 Å². The second-order valence-corrected chi connectivity index (χ2v) is 7.01. The summed E-state index contributed by atoms with van der Waals surface area (Å²) in [5.41, 5.74) is -2.66. The van der Waals surface area contributed by atoms with Crippen molar-refractivity contribution in [3.8, 4) is 17.6 Å². The second kappa shape index (κ2) is 6.45. The lowest BCUT2D eigenvalue weighted by atomic mass is 9.82. The number of anilines is 1. The molecule has 0 heterocycles. The van der Waals surface area contributed by atoms with Gasteiger partial charge >= 0.3 is 0 Å². The Morgan fingerprint density at radius 3 is 2.11 bits per heavy atom. The second-order valence-electron chi connectivity index (χ2n) is 5.69. The molecule has 11 heteroatoms. The maximum atomic E-state index is 12.9. The summed E-state index contributed by atoms with van der Waals surface area (Å²) in [5.74, 6) is -5.73. The van der Waals surface area contributed by atoms with E-state index in [9.17, 15) is 37.6 Å². The van der Waals surface area contributed by atoms with Crippen molar-refractivity contribution in [1.29, 1.82) is 5.26 Å². The lowest BCUT2D eigenvalue weighted by Gasteiger charge is -2.25. The molecule has 1 aliphatic rings. The van der Waals surface area contributed by atoms with E-state index in [1.165, 1.54) is 30.3 Å². The Morgan fingerprint density at radius 2 is 1.61 bits per heavy atom. The zero-order valence-electron chi connectivity index (χ0n) is 13.7. The SMILES string of the molecule is N#CCC(=O)Nc1c(O)c(S(=O)(=O)[O-])c(O)c2c1C(=O)c1ccccc1C2=O. The van der Waals surface area contributed by atoms with Crippen LogP contribution in [-0.2, 0) is 14.9 Å². The summed E-state index contributed by atoms with van der Waals surface area (Å²) in [6, 6.07) is 6.91. The van der Waals surface area contributed by atoms with Crippen LogP contribution in [0, 0.1) is 11.3 Å². The van der Waals surface area contributed by atoms with Crippen molar-refractivity contribution in [2.24, 2.45) is 0 Å². The number of ketones is 2. The fourth-order valence-corrected chi connectivity index (χ4v) is 3.59. The maximum absolute atomic E-state index is 12.9. The molecule has 3 N–H and O–H groups in total. The molecule has 0 unspecified atom stereocenters. The summed E-state index contributed by atoms with van der Waals surface area (Å²) in [4.78, 5) is 35.9. The number of carbonyl (C=O) groups excluding carboxylic acids is 3. The zero-order chi connectivity index (χ0) is 20.8. The van der Waals surface area contributed by atoms with Crippen molar-refractivity contribution >= 4 is 33.3 Å². The number of phenols is 2. The topological polar surface area (TPSA) is 185 Å². The first-order valence-corrected chi connectivity index (χ1v) is 8.93. The summed E-state index contributed by atoms with van der Waals surface area (Å²) >= 11 is 0. The molecule has 0 aromatic heterocycles. The Bertz CT molecular complexity index is 1220. The third-order valence-electron chi connectivity index (χ3n) is 4.03. The zero-order valence-corrected chi connectivity index (χ0v) is 14.5. The van der Waals surface area contributed by atoms with Crippen molar-refractivity contribution in [3.05, 3.63) is 46.5 Å². The first kappa shape index (κ1) is 19.0. The molecule has 0 bridgehead atoms. The van der Waals surface area contributed by atoms with E-state index in [2.05, 4.69) is 0 Å². The van der Waals surface area contributed by atoms with Crippen LogP contribution in [0.3, 0.4) is 0 Å². The minimum atomic E-state index is -5.52. The smallest absolute Gasteiger partial charge is 0.238 e. The predicted molar refractivity (Wildman–Crippen MR) is 89.9 cm³/mol. The van der Waals surface area contributed by atoms with Crippen LogP contribution in [0.2, 0.25) is 0 Å². The van der Waals surface area contributed by atoms with E-state index < -0.39 is 67.2 Å². The van der Waals surface area contributed by atoms with Crippen LogP contribution in [0.4, 0.5) is 5.69 Å². The Balaban J connectivity index is 2.44. The number of fused-ring (bicyclic) bond motifs is 2. The van der Waals surface area contributed by atoms with Crippen molar-refractivity contribution in [3.63, 3.8) is 0 Å². The molecule has 0 aliphatic heterocycles. The first-order chi connectivity index (χ1) is 13.1. The van der Waals surface area contributed by atoms with E-state index in [-0.39, 0.29) is 11.1 Å². The molecule has 2 aromatic carbocycles. The van der Waals surface area contributed by atoms with Crippen molar-refractivity contribution in [1.82, 2.24) is 0 Å². The molecule has 1 aliphatic carbocycles. The van der Waals surface area contributed by atoms with Gasteiger partial charge in [0.2, 0.25) is 5.91 Å². The minimum absolute atomic E-state index is 0.118. The Kier molecular flexibility index (Phi) is 4.38. The number of aromatic hydroxyl groups is 2. The molecule has 28 heavy (non-hydrogen) atoms. The van der Waals surface area contributed by atoms with E-state index in [0.717, 1.165) is 0 Å². The van der Waals surface area contributed by atoms with E-state index in [1.807, 2.05) is 5.32 Å². The number of nitrogens with one attached hydrogen (secondary N) is 1. The predicted octanol–water partition coefficient (Wildman–Crippen LogP) is 0.629. The van der Waals surface area contributed by atoms with Crippen LogP contribution in [0.1, 0.15) is 38.3 Å². The summed E-state index contributed by atoms with van der Waals surface area (Å²) in [5, 5.41) is 31.0. The number of benzene rings is 2. The molecular weight excluding hydrogens is 392 g/mol. The van der Waals surface area contributed by atoms with Crippen molar-refractivity contribution in [2.45, 2.75) is 11.3 Å². The van der Waals surface area contributed by atoms with E-state index in [1.54, 1.807) is 0 Å². The molecule has 2 aromatic rings. The lowest BCUT2D eigenvalue weighted by Crippen LogP contribution is -2.25. The van der Waals surface area contributed by atoms with Crippen LogP contribution in [0.25, 0.3) is 0 Å². The standard InChI is InChI=1S/C17H10N2O8S/c18-6-5-9(20)19-12-10-11(15(23)17(16(12)24)28(25,26)27)14(22)8-4-2-1-3-7(8)13(10)21/h1-4,23-24H,5H2,(H,19,20)(H,25,26,27)/p-1. The largest absolute Gasteiger partial charge is 0.744 e. The van der Waals surface area contributed by atoms with E-state index in [0.29, 0.717) is 0 Å². The number of phenolic OH excluding ortho intramolecular Hbond substituents is 2. The summed E-state index contributed by atoms with van der Waals surface area (Å²) in [7, 11) is -5.52. The van der Waals surface area contributed by atoms with Crippen LogP contribution < -0.4 is 5.32 Å². The number of carbonyl (C=O) groups is 3. The van der Waals surface area contributed by atoms with Crippen LogP contribution in [0.15, 0.2) is 29.2 Å². The fraction of sp³-hybridized carbons (Fsp3) is 0.0588. The van der Waals surface area contributed by atoms with Gasteiger partial charge in [-0.15, -0.1) is 0 Å². The number of rotatable bonds is 3. The molecule has 0 saturated carbocycles. The molecular formula is C17H9N2O8S-. The van der Waals surface area contributed by atoms with Gasteiger partial charge < -0.3 is 20.1 Å². The van der Waals surface area contributed by atoms with Crippen LogP contribution in [0.5, 0.6) is 11.5 Å². The molecule has 10 nitrogen and oxygen atoms in total. The number of nitriles is 1. The number of hydrogen-bond donors (Lipinski definition) is 3. The van der Waals surface area contributed by atoms with Crippen LogP contribution in [-0.4, -0.2) is 40.7 Å². The number of nitrogens with zero attached hydrogens (tertiary/aromatic N) is 1. The third kappa shape index (κ3) is 2.77. The highest BCUT2D eigenvalue weighted by atomic mass is 32.2. The van der Waals surface area contributed by atoms with Gasteiger partial charge in [0.25, 0.3) is 0 Å². The average Bonchev–Trinajstić information content (AvgIpc) is 2.61. The monoisotopic (exact) mass is 401 g/mol. The minimum Gasteiger partial charge on any atom is -0.744 e. The highest BCUT2D eigenvalue weighted by molar-refractivity contribution is 7.86. The van der Waals surface area contributed by atoms with Crippen molar-refractivity contribution in [2.75, 3.05) is 5.32 Å². The van der Waals surface area contributed by atoms with Gasteiger partial charge in [0.1, 0.15) is 27.2 Å². The number of amides is 1. The quantitative estimate of drug-likeness (QED) is 0.321. The molecule has 0 fully saturated rings. The summed E-state index contributed by atoms with van der Waals surface area (Å²) in [6.45, 7) is 0. The molecule has 0 spiro atoms. The highest BCUT2D eigenvalue weighted by Gasteiger charge is 2.39. The van der Waals surface area contributed by atoms with Crippen molar-refractivity contribution < 1.29 is 37.6 Å². The Hall–Kier alpha value is -3.75. The number of hydrogen-bond acceptors (Lipinski definition) is 9.